The van der Waals surface area contributed by atoms with Crippen molar-refractivity contribution in [2.75, 3.05) is 13.1 Å². The number of benzene rings is 1. The van der Waals surface area contributed by atoms with E-state index in [-0.39, 0.29) is 30.7 Å². The zero-order chi connectivity index (χ0) is 13.7. The van der Waals surface area contributed by atoms with Crippen LogP contribution in [0.25, 0.3) is 0 Å². The van der Waals surface area contributed by atoms with Crippen LogP contribution in [0.4, 0.5) is 0 Å². The number of carbonyl (C=O) groups is 2. The Morgan fingerprint density at radius 3 is 2.74 bits per heavy atom. The minimum atomic E-state index is -0.343. The summed E-state index contributed by atoms with van der Waals surface area (Å²) in [7, 11) is 0. The van der Waals surface area contributed by atoms with Gasteiger partial charge in [-0.25, -0.2) is 0 Å². The molecule has 1 heterocycles. The van der Waals surface area contributed by atoms with Gasteiger partial charge in [-0.2, -0.15) is 5.26 Å². The highest BCUT2D eigenvalue weighted by molar-refractivity contribution is 5.89. The molecule has 2 amide bonds. The molecule has 5 nitrogen and oxygen atoms in total. The molecule has 1 saturated heterocycles. The lowest BCUT2D eigenvalue weighted by atomic mass is 10.1. The first kappa shape index (κ1) is 13.1. The van der Waals surface area contributed by atoms with E-state index >= 15 is 0 Å². The number of carbonyl (C=O) groups excluding carboxylic acids is 2. The molecule has 2 rings (SSSR count). The van der Waals surface area contributed by atoms with Crippen LogP contribution in [0.2, 0.25) is 0 Å². The SMILES string of the molecule is N#CCN(Cc1ccccc1)C(=O)C1CNC(=O)C1. The van der Waals surface area contributed by atoms with E-state index < -0.39 is 0 Å². The first-order valence-corrected chi connectivity index (χ1v) is 6.17. The first-order chi connectivity index (χ1) is 9.20. The summed E-state index contributed by atoms with van der Waals surface area (Å²) < 4.78 is 0. The van der Waals surface area contributed by atoms with Gasteiger partial charge in [-0.15, -0.1) is 0 Å². The van der Waals surface area contributed by atoms with Crippen LogP contribution in [0.5, 0.6) is 0 Å². The van der Waals surface area contributed by atoms with Crippen molar-refractivity contribution < 1.29 is 9.59 Å². The number of rotatable bonds is 4. The van der Waals surface area contributed by atoms with Crippen LogP contribution in [0.15, 0.2) is 30.3 Å². The molecule has 1 fully saturated rings. The van der Waals surface area contributed by atoms with Gasteiger partial charge in [0.05, 0.1) is 12.0 Å². The maximum absolute atomic E-state index is 12.3. The Labute approximate surface area is 111 Å². The van der Waals surface area contributed by atoms with Crippen molar-refractivity contribution in [3.05, 3.63) is 35.9 Å². The maximum atomic E-state index is 12.3. The fourth-order valence-corrected chi connectivity index (χ4v) is 2.14. The molecular weight excluding hydrogens is 242 g/mol. The molecule has 1 aliphatic rings. The van der Waals surface area contributed by atoms with E-state index in [2.05, 4.69) is 5.32 Å². The third kappa shape index (κ3) is 3.32. The summed E-state index contributed by atoms with van der Waals surface area (Å²) in [5, 5.41) is 11.5. The number of hydrogen-bond acceptors (Lipinski definition) is 3. The van der Waals surface area contributed by atoms with Gasteiger partial charge in [-0.1, -0.05) is 30.3 Å². The molecule has 0 saturated carbocycles. The van der Waals surface area contributed by atoms with E-state index in [9.17, 15) is 9.59 Å². The predicted molar refractivity (Wildman–Crippen MR) is 68.6 cm³/mol. The molecule has 0 radical (unpaired) electrons. The van der Waals surface area contributed by atoms with Crippen LogP contribution < -0.4 is 5.32 Å². The van der Waals surface area contributed by atoms with Crippen LogP contribution in [-0.2, 0) is 16.1 Å². The van der Waals surface area contributed by atoms with Crippen LogP contribution in [-0.4, -0.2) is 29.8 Å². The van der Waals surface area contributed by atoms with Crippen molar-refractivity contribution in [1.82, 2.24) is 10.2 Å². The van der Waals surface area contributed by atoms with Crippen molar-refractivity contribution >= 4 is 11.8 Å². The van der Waals surface area contributed by atoms with E-state index in [1.54, 1.807) is 0 Å². The van der Waals surface area contributed by atoms with E-state index in [4.69, 9.17) is 5.26 Å². The fraction of sp³-hybridized carbons (Fsp3) is 0.357. The number of hydrogen-bond donors (Lipinski definition) is 1. The average molecular weight is 257 g/mol. The zero-order valence-corrected chi connectivity index (χ0v) is 10.5. The topological polar surface area (TPSA) is 73.2 Å². The summed E-state index contributed by atoms with van der Waals surface area (Å²) in [5.41, 5.74) is 0.975. The van der Waals surface area contributed by atoms with Gasteiger partial charge < -0.3 is 10.2 Å². The Bertz CT molecular complexity index is 507. The Balaban J connectivity index is 2.05. The molecule has 5 heteroatoms. The molecule has 0 aromatic heterocycles. The van der Waals surface area contributed by atoms with Crippen molar-refractivity contribution in [2.24, 2.45) is 5.92 Å². The van der Waals surface area contributed by atoms with Gasteiger partial charge >= 0.3 is 0 Å². The molecule has 1 aromatic rings. The monoisotopic (exact) mass is 257 g/mol. The normalized spacial score (nSPS) is 17.6. The molecule has 0 bridgehead atoms. The summed E-state index contributed by atoms with van der Waals surface area (Å²) in [4.78, 5) is 24.9. The quantitative estimate of drug-likeness (QED) is 0.806. The highest BCUT2D eigenvalue weighted by atomic mass is 16.2. The second-order valence-electron chi connectivity index (χ2n) is 4.54. The van der Waals surface area contributed by atoms with Gasteiger partial charge in [0.25, 0.3) is 0 Å². The minimum Gasteiger partial charge on any atom is -0.355 e. The maximum Gasteiger partial charge on any atom is 0.229 e. The molecule has 0 aliphatic carbocycles. The molecule has 1 N–H and O–H groups in total. The second-order valence-corrected chi connectivity index (χ2v) is 4.54. The van der Waals surface area contributed by atoms with Crippen molar-refractivity contribution in [1.29, 1.82) is 5.26 Å². The Morgan fingerprint density at radius 1 is 1.42 bits per heavy atom. The lowest BCUT2D eigenvalue weighted by Crippen LogP contribution is -2.36. The molecule has 1 atom stereocenters. The molecular formula is C14H15N3O2. The van der Waals surface area contributed by atoms with Gasteiger partial charge in [0.2, 0.25) is 11.8 Å². The minimum absolute atomic E-state index is 0.0401. The van der Waals surface area contributed by atoms with Gasteiger partial charge in [0, 0.05) is 19.5 Å². The highest BCUT2D eigenvalue weighted by Crippen LogP contribution is 2.15. The summed E-state index contributed by atoms with van der Waals surface area (Å²) in [5.74, 6) is -0.580. The fourth-order valence-electron chi connectivity index (χ4n) is 2.14. The van der Waals surface area contributed by atoms with Gasteiger partial charge in [0.15, 0.2) is 0 Å². The molecule has 1 aliphatic heterocycles. The standard InChI is InChI=1S/C14H15N3O2/c15-6-7-17(10-11-4-2-1-3-5-11)14(19)12-8-13(18)16-9-12/h1-5,12H,7-10H2,(H,16,18). The highest BCUT2D eigenvalue weighted by Gasteiger charge is 2.31. The van der Waals surface area contributed by atoms with Crippen LogP contribution in [0, 0.1) is 17.2 Å². The van der Waals surface area contributed by atoms with E-state index in [1.807, 2.05) is 36.4 Å². The molecule has 1 unspecified atom stereocenters. The largest absolute Gasteiger partial charge is 0.355 e. The predicted octanol–water partition coefficient (Wildman–Crippen LogP) is 0.675. The Kier molecular flexibility index (Phi) is 4.14. The molecule has 0 spiro atoms. The van der Waals surface area contributed by atoms with E-state index in [1.165, 1.54) is 4.90 Å². The van der Waals surface area contributed by atoms with Crippen LogP contribution in [0.3, 0.4) is 0 Å². The zero-order valence-electron chi connectivity index (χ0n) is 10.5. The smallest absolute Gasteiger partial charge is 0.229 e. The third-order valence-electron chi connectivity index (χ3n) is 3.12. The Hall–Kier alpha value is -2.35. The lowest BCUT2D eigenvalue weighted by Gasteiger charge is -2.22. The molecule has 98 valence electrons. The molecule has 19 heavy (non-hydrogen) atoms. The van der Waals surface area contributed by atoms with Crippen molar-refractivity contribution in [3.63, 3.8) is 0 Å². The summed E-state index contributed by atoms with van der Waals surface area (Å²) in [6.07, 6.45) is 0.218. The first-order valence-electron chi connectivity index (χ1n) is 6.17. The van der Waals surface area contributed by atoms with E-state index in [0.717, 1.165) is 5.56 Å². The summed E-state index contributed by atoms with van der Waals surface area (Å²) in [6, 6.07) is 11.5. The van der Waals surface area contributed by atoms with Gasteiger partial charge in [-0.05, 0) is 5.56 Å². The van der Waals surface area contributed by atoms with Crippen LogP contribution in [0.1, 0.15) is 12.0 Å². The average Bonchev–Trinajstić information content (AvgIpc) is 2.85. The van der Waals surface area contributed by atoms with Crippen molar-refractivity contribution in [3.8, 4) is 6.07 Å². The number of nitrogens with zero attached hydrogens (tertiary/aromatic N) is 2. The van der Waals surface area contributed by atoms with Gasteiger partial charge in [-0.3, -0.25) is 9.59 Å². The lowest BCUT2D eigenvalue weighted by molar-refractivity contribution is -0.135. The number of nitrogens with one attached hydrogen (secondary N) is 1. The number of nitriles is 1. The third-order valence-corrected chi connectivity index (χ3v) is 3.12. The van der Waals surface area contributed by atoms with Crippen LogP contribution >= 0.6 is 0 Å². The van der Waals surface area contributed by atoms with Gasteiger partial charge in [0.1, 0.15) is 6.54 Å². The summed E-state index contributed by atoms with van der Waals surface area (Å²) >= 11 is 0. The van der Waals surface area contributed by atoms with Crippen molar-refractivity contribution in [2.45, 2.75) is 13.0 Å². The number of amides is 2. The molecule has 1 aromatic carbocycles. The Morgan fingerprint density at radius 2 is 2.16 bits per heavy atom. The summed E-state index contributed by atoms with van der Waals surface area (Å²) in [6.45, 7) is 0.810. The van der Waals surface area contributed by atoms with E-state index in [0.29, 0.717) is 13.1 Å². The second kappa shape index (κ2) is 6.01.